The second kappa shape index (κ2) is 8.09. The third-order valence-electron chi connectivity index (χ3n) is 3.64. The SMILES string of the molecule is CCc1nn2c(=O)cc(COC(=O)COc3ccc(C(C)=O)cc3)nc2s1. The second-order valence-corrected chi connectivity index (χ2v) is 6.70. The number of ether oxygens (including phenoxy) is 2. The molecule has 0 unspecified atom stereocenters. The van der Waals surface area contributed by atoms with Gasteiger partial charge in [0, 0.05) is 11.6 Å². The summed E-state index contributed by atoms with van der Waals surface area (Å²) in [6.45, 7) is 3.00. The molecule has 9 heteroatoms. The lowest BCUT2D eigenvalue weighted by Gasteiger charge is -2.07. The monoisotopic (exact) mass is 387 g/mol. The lowest BCUT2D eigenvalue weighted by atomic mass is 10.1. The van der Waals surface area contributed by atoms with Gasteiger partial charge in [-0.2, -0.15) is 9.61 Å². The minimum absolute atomic E-state index is 0.0478. The van der Waals surface area contributed by atoms with Gasteiger partial charge in [0.05, 0.1) is 5.69 Å². The number of carbonyl (C=O) groups is 2. The fourth-order valence-electron chi connectivity index (χ4n) is 2.24. The van der Waals surface area contributed by atoms with Crippen LogP contribution in [0, 0.1) is 0 Å². The summed E-state index contributed by atoms with van der Waals surface area (Å²) in [6.07, 6.45) is 0.711. The van der Waals surface area contributed by atoms with Crippen molar-refractivity contribution in [3.8, 4) is 5.75 Å². The van der Waals surface area contributed by atoms with Crippen molar-refractivity contribution in [3.63, 3.8) is 0 Å². The predicted molar refractivity (Wildman–Crippen MR) is 98.2 cm³/mol. The lowest BCUT2D eigenvalue weighted by molar-refractivity contribution is -0.147. The van der Waals surface area contributed by atoms with Gasteiger partial charge in [-0.25, -0.2) is 9.78 Å². The van der Waals surface area contributed by atoms with E-state index < -0.39 is 5.97 Å². The van der Waals surface area contributed by atoms with Crippen molar-refractivity contribution in [3.05, 3.63) is 57.0 Å². The molecule has 1 aromatic carbocycles. The summed E-state index contributed by atoms with van der Waals surface area (Å²) in [5, 5.41) is 4.96. The number of rotatable bonds is 7. The number of fused-ring (bicyclic) bond motifs is 1. The van der Waals surface area contributed by atoms with Gasteiger partial charge >= 0.3 is 5.97 Å². The van der Waals surface area contributed by atoms with Crippen LogP contribution in [0.25, 0.3) is 4.96 Å². The standard InChI is InChI=1S/C18H17N3O5S/c1-3-15-20-21-16(23)8-13(19-18(21)27-15)9-26-17(24)10-25-14-6-4-12(5-7-14)11(2)22/h4-8H,3,9-10H2,1-2H3. The molecule has 0 saturated carbocycles. The molecule has 3 aromatic rings. The molecular formula is C18H17N3O5S. The van der Waals surface area contributed by atoms with Crippen molar-refractivity contribution < 1.29 is 19.1 Å². The van der Waals surface area contributed by atoms with Gasteiger partial charge in [-0.1, -0.05) is 18.3 Å². The number of carbonyl (C=O) groups excluding carboxylic acids is 2. The number of hydrogen-bond acceptors (Lipinski definition) is 8. The Balaban J connectivity index is 1.56. The Hall–Kier alpha value is -3.07. The van der Waals surface area contributed by atoms with Crippen LogP contribution in [-0.4, -0.2) is 33.0 Å². The van der Waals surface area contributed by atoms with E-state index in [0.717, 1.165) is 5.01 Å². The van der Waals surface area contributed by atoms with Gasteiger partial charge in [0.25, 0.3) is 5.56 Å². The van der Waals surface area contributed by atoms with Crippen LogP contribution in [-0.2, 0) is 22.6 Å². The normalized spacial score (nSPS) is 10.7. The zero-order valence-electron chi connectivity index (χ0n) is 14.8. The van der Waals surface area contributed by atoms with Gasteiger partial charge < -0.3 is 9.47 Å². The molecule has 0 saturated heterocycles. The number of ketones is 1. The Morgan fingerprint density at radius 3 is 2.63 bits per heavy atom. The van der Waals surface area contributed by atoms with E-state index in [1.54, 1.807) is 24.3 Å². The largest absolute Gasteiger partial charge is 0.482 e. The first kappa shape index (κ1) is 18.7. The Kier molecular flexibility index (Phi) is 5.60. The molecule has 3 rings (SSSR count). The number of hydrogen-bond donors (Lipinski definition) is 0. The third kappa shape index (κ3) is 4.56. The molecule has 0 amide bonds. The average molecular weight is 387 g/mol. The van der Waals surface area contributed by atoms with E-state index in [2.05, 4.69) is 10.1 Å². The summed E-state index contributed by atoms with van der Waals surface area (Å²) in [5.41, 5.74) is 0.598. The first-order valence-electron chi connectivity index (χ1n) is 8.24. The second-order valence-electron chi connectivity index (χ2n) is 5.66. The van der Waals surface area contributed by atoms with Crippen molar-refractivity contribution >= 4 is 28.1 Å². The van der Waals surface area contributed by atoms with E-state index in [4.69, 9.17) is 9.47 Å². The Morgan fingerprint density at radius 2 is 1.96 bits per heavy atom. The molecule has 0 bridgehead atoms. The number of aromatic nitrogens is 3. The predicted octanol–water partition coefficient (Wildman–Crippen LogP) is 2.04. The smallest absolute Gasteiger partial charge is 0.344 e. The molecular weight excluding hydrogens is 370 g/mol. The molecule has 0 fully saturated rings. The molecule has 0 aliphatic heterocycles. The maximum Gasteiger partial charge on any atom is 0.344 e. The average Bonchev–Trinajstić information content (AvgIpc) is 3.09. The topological polar surface area (TPSA) is 99.9 Å². The summed E-state index contributed by atoms with van der Waals surface area (Å²) in [4.78, 5) is 39.9. The number of esters is 1. The third-order valence-corrected chi connectivity index (χ3v) is 4.69. The van der Waals surface area contributed by atoms with Crippen LogP contribution in [0.15, 0.2) is 35.1 Å². The van der Waals surface area contributed by atoms with Gasteiger partial charge in [-0.3, -0.25) is 9.59 Å². The summed E-state index contributed by atoms with van der Waals surface area (Å²) < 4.78 is 11.7. The van der Waals surface area contributed by atoms with Crippen molar-refractivity contribution in [1.82, 2.24) is 14.6 Å². The molecule has 2 aromatic heterocycles. The minimum atomic E-state index is -0.591. The van der Waals surface area contributed by atoms with Gasteiger partial charge in [0.2, 0.25) is 4.96 Å². The van der Waals surface area contributed by atoms with Gasteiger partial charge in [0.15, 0.2) is 12.4 Å². The van der Waals surface area contributed by atoms with Crippen LogP contribution in [0.4, 0.5) is 0 Å². The summed E-state index contributed by atoms with van der Waals surface area (Å²) in [7, 11) is 0. The highest BCUT2D eigenvalue weighted by atomic mass is 32.1. The van der Waals surface area contributed by atoms with E-state index in [-0.39, 0.29) is 24.6 Å². The van der Waals surface area contributed by atoms with E-state index >= 15 is 0 Å². The lowest BCUT2D eigenvalue weighted by Crippen LogP contribution is -2.18. The van der Waals surface area contributed by atoms with Crippen LogP contribution in [0.3, 0.4) is 0 Å². The first-order valence-corrected chi connectivity index (χ1v) is 9.06. The number of Topliss-reactive ketones (excluding diaryl/α,β-unsaturated/α-hetero) is 1. The first-order chi connectivity index (χ1) is 13.0. The van der Waals surface area contributed by atoms with Gasteiger partial charge in [0.1, 0.15) is 17.4 Å². The molecule has 0 aliphatic carbocycles. The van der Waals surface area contributed by atoms with Crippen LogP contribution < -0.4 is 10.3 Å². The molecule has 0 N–H and O–H groups in total. The molecule has 0 atom stereocenters. The molecule has 2 heterocycles. The molecule has 27 heavy (non-hydrogen) atoms. The Labute approximate surface area is 158 Å². The van der Waals surface area contributed by atoms with Crippen molar-refractivity contribution in [2.45, 2.75) is 26.9 Å². The maximum absolute atomic E-state index is 12.0. The summed E-state index contributed by atoms with van der Waals surface area (Å²) in [6, 6.07) is 7.75. The molecule has 140 valence electrons. The fourth-order valence-corrected chi connectivity index (χ4v) is 3.09. The minimum Gasteiger partial charge on any atom is -0.482 e. The van der Waals surface area contributed by atoms with E-state index in [0.29, 0.717) is 28.4 Å². The van der Waals surface area contributed by atoms with Gasteiger partial charge in [-0.15, -0.1) is 0 Å². The maximum atomic E-state index is 12.0. The van der Waals surface area contributed by atoms with Crippen molar-refractivity contribution in [1.29, 1.82) is 0 Å². The Morgan fingerprint density at radius 1 is 1.22 bits per heavy atom. The van der Waals surface area contributed by atoms with E-state index in [9.17, 15) is 14.4 Å². The van der Waals surface area contributed by atoms with Crippen LogP contribution in [0.2, 0.25) is 0 Å². The zero-order chi connectivity index (χ0) is 19.4. The number of nitrogens with zero attached hydrogens (tertiary/aromatic N) is 3. The molecule has 0 aliphatic rings. The Bertz CT molecular complexity index is 1040. The fraction of sp³-hybridized carbons (Fsp3) is 0.278. The quantitative estimate of drug-likeness (QED) is 0.452. The van der Waals surface area contributed by atoms with Crippen molar-refractivity contribution in [2.24, 2.45) is 0 Å². The van der Waals surface area contributed by atoms with Crippen LogP contribution in [0.1, 0.15) is 34.9 Å². The highest BCUT2D eigenvalue weighted by Gasteiger charge is 2.11. The molecule has 0 spiro atoms. The number of benzene rings is 1. The van der Waals surface area contributed by atoms with E-state index in [1.807, 2.05) is 6.92 Å². The van der Waals surface area contributed by atoms with Crippen LogP contribution in [0.5, 0.6) is 5.75 Å². The van der Waals surface area contributed by atoms with Crippen LogP contribution >= 0.6 is 11.3 Å². The van der Waals surface area contributed by atoms with Crippen molar-refractivity contribution in [2.75, 3.05) is 6.61 Å². The summed E-state index contributed by atoms with van der Waals surface area (Å²) in [5.74, 6) is -0.189. The highest BCUT2D eigenvalue weighted by Crippen LogP contribution is 2.13. The molecule has 8 nitrogen and oxygen atoms in total. The van der Waals surface area contributed by atoms with Gasteiger partial charge in [-0.05, 0) is 37.6 Å². The molecule has 0 radical (unpaired) electrons. The number of aryl methyl sites for hydroxylation is 1. The van der Waals surface area contributed by atoms with E-state index in [1.165, 1.54) is 28.8 Å². The zero-order valence-corrected chi connectivity index (χ0v) is 15.6. The highest BCUT2D eigenvalue weighted by molar-refractivity contribution is 7.16. The summed E-state index contributed by atoms with van der Waals surface area (Å²) >= 11 is 1.32.